The van der Waals surface area contributed by atoms with Crippen molar-refractivity contribution in [2.45, 2.75) is 87.6 Å². The number of carbonyl (C=O) groups is 1. The number of sulfonamides is 1. The maximum atomic E-state index is 12.2. The van der Waals surface area contributed by atoms with Gasteiger partial charge in [-0.3, -0.25) is 4.79 Å². The van der Waals surface area contributed by atoms with E-state index in [-0.39, 0.29) is 11.9 Å². The molecule has 2 fully saturated rings. The second-order valence-corrected chi connectivity index (χ2v) is 9.36. The molecule has 5 nitrogen and oxygen atoms in total. The first-order valence-corrected chi connectivity index (χ1v) is 11.4. The minimum Gasteiger partial charge on any atom is -0.353 e. The van der Waals surface area contributed by atoms with Gasteiger partial charge in [0, 0.05) is 18.5 Å². The summed E-state index contributed by atoms with van der Waals surface area (Å²) in [5, 5.41) is 3.18. The van der Waals surface area contributed by atoms with Gasteiger partial charge in [-0.1, -0.05) is 44.2 Å². The van der Waals surface area contributed by atoms with Gasteiger partial charge in [0.1, 0.15) is 0 Å². The second kappa shape index (κ2) is 9.00. The van der Waals surface area contributed by atoms with Gasteiger partial charge in [0.2, 0.25) is 15.9 Å². The molecule has 2 saturated carbocycles. The average molecular weight is 379 g/mol. The Morgan fingerprint density at radius 1 is 0.885 bits per heavy atom. The van der Waals surface area contributed by atoms with Gasteiger partial charge in [0.05, 0.1) is 4.90 Å². The van der Waals surface area contributed by atoms with Crippen molar-refractivity contribution in [1.82, 2.24) is 10.0 Å². The Hall–Kier alpha value is -1.40. The molecule has 6 heteroatoms. The molecular weight excluding hydrogens is 348 g/mol. The Morgan fingerprint density at radius 2 is 1.50 bits per heavy atom. The van der Waals surface area contributed by atoms with Gasteiger partial charge >= 0.3 is 0 Å². The lowest BCUT2D eigenvalue weighted by Gasteiger charge is -2.21. The lowest BCUT2D eigenvalue weighted by Crippen LogP contribution is -2.35. The summed E-state index contributed by atoms with van der Waals surface area (Å²) < 4.78 is 27.0. The van der Waals surface area contributed by atoms with Crippen molar-refractivity contribution < 1.29 is 13.2 Å². The molecule has 0 spiro atoms. The lowest BCUT2D eigenvalue weighted by atomic mass is 9.96. The van der Waals surface area contributed by atoms with Crippen molar-refractivity contribution in [2.24, 2.45) is 0 Å². The molecule has 0 radical (unpaired) electrons. The number of aryl methyl sites for hydroxylation is 1. The summed E-state index contributed by atoms with van der Waals surface area (Å²) in [6.45, 7) is 0. The smallest absolute Gasteiger partial charge is 0.240 e. The fraction of sp³-hybridized carbons (Fsp3) is 0.650. The van der Waals surface area contributed by atoms with E-state index in [9.17, 15) is 13.2 Å². The molecule has 1 aromatic rings. The van der Waals surface area contributed by atoms with Gasteiger partial charge in [-0.05, 0) is 49.8 Å². The molecule has 0 heterocycles. The molecule has 0 bridgehead atoms. The SMILES string of the molecule is O=C(CCc1ccc(S(=O)(=O)NC2CC2)cc1)NC1CCCCCCC1. The Bertz CT molecular complexity index is 688. The largest absolute Gasteiger partial charge is 0.353 e. The van der Waals surface area contributed by atoms with E-state index in [0.717, 1.165) is 31.2 Å². The Labute approximate surface area is 157 Å². The Morgan fingerprint density at radius 3 is 2.12 bits per heavy atom. The maximum absolute atomic E-state index is 12.2. The van der Waals surface area contributed by atoms with E-state index < -0.39 is 10.0 Å². The van der Waals surface area contributed by atoms with Crippen LogP contribution in [-0.4, -0.2) is 26.4 Å². The first-order chi connectivity index (χ1) is 12.5. The number of carbonyl (C=O) groups excluding carboxylic acids is 1. The van der Waals surface area contributed by atoms with Crippen LogP contribution in [0.3, 0.4) is 0 Å². The van der Waals surface area contributed by atoms with Crippen molar-refractivity contribution in [3.8, 4) is 0 Å². The van der Waals surface area contributed by atoms with Gasteiger partial charge in [0.15, 0.2) is 0 Å². The zero-order valence-electron chi connectivity index (χ0n) is 15.4. The van der Waals surface area contributed by atoms with Crippen molar-refractivity contribution in [1.29, 1.82) is 0 Å². The quantitative estimate of drug-likeness (QED) is 0.764. The van der Waals surface area contributed by atoms with Crippen LogP contribution in [0, 0.1) is 0 Å². The number of hydrogen-bond donors (Lipinski definition) is 2. The molecule has 3 rings (SSSR count). The predicted octanol–water partition coefficient (Wildman–Crippen LogP) is 3.29. The van der Waals surface area contributed by atoms with Gasteiger partial charge in [-0.2, -0.15) is 0 Å². The summed E-state index contributed by atoms with van der Waals surface area (Å²) in [6, 6.07) is 7.31. The fourth-order valence-electron chi connectivity index (χ4n) is 3.48. The number of nitrogens with one attached hydrogen (secondary N) is 2. The minimum absolute atomic E-state index is 0.0997. The van der Waals surface area contributed by atoms with Gasteiger partial charge in [0.25, 0.3) is 0 Å². The molecule has 0 unspecified atom stereocenters. The molecule has 1 aromatic carbocycles. The van der Waals surface area contributed by atoms with E-state index in [0.29, 0.717) is 23.8 Å². The zero-order chi connectivity index (χ0) is 18.4. The van der Waals surface area contributed by atoms with Gasteiger partial charge < -0.3 is 5.32 Å². The normalized spacial score (nSPS) is 19.5. The van der Waals surface area contributed by atoms with Gasteiger partial charge in [-0.25, -0.2) is 13.1 Å². The highest BCUT2D eigenvalue weighted by atomic mass is 32.2. The highest BCUT2D eigenvalue weighted by molar-refractivity contribution is 7.89. The van der Waals surface area contributed by atoms with Gasteiger partial charge in [-0.15, -0.1) is 0 Å². The van der Waals surface area contributed by atoms with Crippen molar-refractivity contribution in [3.63, 3.8) is 0 Å². The Kier molecular flexibility index (Phi) is 6.70. The van der Waals surface area contributed by atoms with Crippen molar-refractivity contribution in [3.05, 3.63) is 29.8 Å². The summed E-state index contributed by atoms with van der Waals surface area (Å²) in [5.74, 6) is 0.0997. The van der Waals surface area contributed by atoms with Crippen LogP contribution in [0.4, 0.5) is 0 Å². The molecule has 26 heavy (non-hydrogen) atoms. The molecule has 0 saturated heterocycles. The summed E-state index contributed by atoms with van der Waals surface area (Å²) >= 11 is 0. The third-order valence-electron chi connectivity index (χ3n) is 5.24. The molecule has 2 N–H and O–H groups in total. The summed E-state index contributed by atoms with van der Waals surface area (Å²) in [5.41, 5.74) is 0.989. The average Bonchev–Trinajstić information content (AvgIpc) is 3.39. The summed E-state index contributed by atoms with van der Waals surface area (Å²) in [6.07, 6.45) is 11.4. The second-order valence-electron chi connectivity index (χ2n) is 7.65. The van der Waals surface area contributed by atoms with Crippen LogP contribution in [-0.2, 0) is 21.2 Å². The predicted molar refractivity (Wildman–Crippen MR) is 102 cm³/mol. The first-order valence-electron chi connectivity index (χ1n) is 9.93. The van der Waals surface area contributed by atoms with E-state index >= 15 is 0 Å². The van der Waals surface area contributed by atoms with Crippen LogP contribution >= 0.6 is 0 Å². The van der Waals surface area contributed by atoms with Crippen LogP contribution in [0.5, 0.6) is 0 Å². The third kappa shape index (κ3) is 6.09. The van der Waals surface area contributed by atoms with Crippen LogP contribution < -0.4 is 10.0 Å². The molecule has 2 aliphatic rings. The molecule has 144 valence electrons. The molecular formula is C20H30N2O3S. The fourth-order valence-corrected chi connectivity index (χ4v) is 4.79. The zero-order valence-corrected chi connectivity index (χ0v) is 16.2. The molecule has 0 aliphatic heterocycles. The molecule has 0 atom stereocenters. The number of hydrogen-bond acceptors (Lipinski definition) is 3. The van der Waals surface area contributed by atoms with E-state index in [1.165, 1.54) is 32.1 Å². The highest BCUT2D eigenvalue weighted by Crippen LogP contribution is 2.22. The van der Waals surface area contributed by atoms with Crippen LogP contribution in [0.1, 0.15) is 69.8 Å². The third-order valence-corrected chi connectivity index (χ3v) is 6.78. The number of rotatable bonds is 7. The summed E-state index contributed by atoms with van der Waals surface area (Å²) in [7, 11) is -3.40. The summed E-state index contributed by atoms with van der Waals surface area (Å²) in [4.78, 5) is 12.5. The number of benzene rings is 1. The maximum Gasteiger partial charge on any atom is 0.240 e. The molecule has 1 amide bonds. The van der Waals surface area contributed by atoms with Crippen LogP contribution in [0.15, 0.2) is 29.2 Å². The highest BCUT2D eigenvalue weighted by Gasteiger charge is 2.27. The Balaban J connectivity index is 1.45. The van der Waals surface area contributed by atoms with E-state index in [4.69, 9.17) is 0 Å². The molecule has 2 aliphatic carbocycles. The van der Waals surface area contributed by atoms with Crippen molar-refractivity contribution in [2.75, 3.05) is 0 Å². The van der Waals surface area contributed by atoms with E-state index in [2.05, 4.69) is 10.0 Å². The monoisotopic (exact) mass is 378 g/mol. The van der Waals surface area contributed by atoms with Crippen LogP contribution in [0.25, 0.3) is 0 Å². The van der Waals surface area contributed by atoms with Crippen LogP contribution in [0.2, 0.25) is 0 Å². The number of amides is 1. The molecule has 0 aromatic heterocycles. The van der Waals surface area contributed by atoms with Crippen molar-refractivity contribution >= 4 is 15.9 Å². The first kappa shape index (κ1) is 19.4. The standard InChI is InChI=1S/C20H30N2O3S/c23-20(21-17-6-4-2-1-3-5-7-17)15-10-16-8-13-19(14-9-16)26(24,25)22-18-11-12-18/h8-9,13-14,17-18,22H,1-7,10-12,15H2,(H,21,23). The van der Waals surface area contributed by atoms with E-state index in [1.807, 2.05) is 12.1 Å². The lowest BCUT2D eigenvalue weighted by molar-refractivity contribution is -0.121. The topological polar surface area (TPSA) is 75.3 Å². The van der Waals surface area contributed by atoms with E-state index in [1.54, 1.807) is 12.1 Å². The minimum atomic E-state index is -3.40.